The highest BCUT2D eigenvalue weighted by molar-refractivity contribution is 6.18. The van der Waals surface area contributed by atoms with Gasteiger partial charge in [-0.25, -0.2) is 0 Å². The smallest absolute Gasteiger partial charge is 0.308 e. The predicted molar refractivity (Wildman–Crippen MR) is 62.3 cm³/mol. The molecule has 0 radical (unpaired) electrons. The molecule has 0 aliphatic carbocycles. The van der Waals surface area contributed by atoms with E-state index in [1.165, 1.54) is 24.3 Å². The molecule has 17 heavy (non-hydrogen) atoms. The summed E-state index contributed by atoms with van der Waals surface area (Å²) < 4.78 is 28.2. The Balaban J connectivity index is 3.31. The number of benzene rings is 1. The predicted octanol–water partition coefficient (Wildman–Crippen LogP) is 2.52. The number of aliphatic hydroxyl groups is 2. The molecule has 0 amide bonds. The van der Waals surface area contributed by atoms with Gasteiger partial charge < -0.3 is 10.2 Å². The Kier molecular flexibility index (Phi) is 3.81. The lowest BCUT2D eigenvalue weighted by Gasteiger charge is -2.41. The molecule has 1 unspecified atom stereocenters. The lowest BCUT2D eigenvalue weighted by molar-refractivity contribution is -0.260. The van der Waals surface area contributed by atoms with Crippen molar-refractivity contribution in [3.8, 4) is 0 Å². The molecular weight excluding hydrogens is 250 g/mol. The van der Waals surface area contributed by atoms with E-state index in [1.54, 1.807) is 6.07 Å². The number of halogens is 3. The van der Waals surface area contributed by atoms with Crippen LogP contribution in [0, 0.1) is 0 Å². The molecule has 0 saturated carbocycles. The Morgan fingerprint density at radius 2 is 1.59 bits per heavy atom. The van der Waals surface area contributed by atoms with Crippen molar-refractivity contribution in [1.82, 2.24) is 0 Å². The molecule has 0 aromatic heterocycles. The van der Waals surface area contributed by atoms with Gasteiger partial charge in [-0.1, -0.05) is 30.3 Å². The van der Waals surface area contributed by atoms with Gasteiger partial charge in [-0.2, -0.15) is 8.78 Å². The molecule has 5 heteroatoms. The Labute approximate surface area is 104 Å². The van der Waals surface area contributed by atoms with Crippen molar-refractivity contribution < 1.29 is 19.0 Å². The molecule has 0 heterocycles. The summed E-state index contributed by atoms with van der Waals surface area (Å²) >= 11 is 5.49. The zero-order valence-electron chi connectivity index (χ0n) is 9.62. The first-order valence-corrected chi connectivity index (χ1v) is 5.64. The van der Waals surface area contributed by atoms with Crippen molar-refractivity contribution in [3.63, 3.8) is 0 Å². The quantitative estimate of drug-likeness (QED) is 0.821. The zero-order chi connectivity index (χ0) is 13.3. The SMILES string of the molecule is CC(C)(O)C(F)(F)C(O)(CCl)c1ccccc1. The standard InChI is InChI=1S/C12H15ClF2O2/c1-10(2,16)12(14,15)11(17,8-13)9-6-4-3-5-7-9/h3-7,16-17H,8H2,1-2H3. The van der Waals surface area contributed by atoms with Crippen LogP contribution in [0.15, 0.2) is 30.3 Å². The van der Waals surface area contributed by atoms with E-state index in [9.17, 15) is 19.0 Å². The van der Waals surface area contributed by atoms with Crippen LogP contribution in [0.3, 0.4) is 0 Å². The number of hydrogen-bond acceptors (Lipinski definition) is 2. The Morgan fingerprint density at radius 1 is 1.12 bits per heavy atom. The van der Waals surface area contributed by atoms with Gasteiger partial charge in [0, 0.05) is 0 Å². The third-order valence-electron chi connectivity index (χ3n) is 2.73. The maximum Gasteiger partial charge on any atom is 0.308 e. The minimum atomic E-state index is -3.77. The molecule has 1 atom stereocenters. The maximum absolute atomic E-state index is 14.1. The van der Waals surface area contributed by atoms with Gasteiger partial charge in [0.05, 0.1) is 5.88 Å². The van der Waals surface area contributed by atoms with E-state index in [-0.39, 0.29) is 5.56 Å². The molecule has 2 nitrogen and oxygen atoms in total. The fraction of sp³-hybridized carbons (Fsp3) is 0.500. The zero-order valence-corrected chi connectivity index (χ0v) is 10.4. The summed E-state index contributed by atoms with van der Waals surface area (Å²) in [6, 6.07) is 7.38. The van der Waals surface area contributed by atoms with E-state index in [0.29, 0.717) is 0 Å². The van der Waals surface area contributed by atoms with Crippen molar-refractivity contribution in [2.45, 2.75) is 31.0 Å². The lowest BCUT2D eigenvalue weighted by Crippen LogP contribution is -2.59. The van der Waals surface area contributed by atoms with Crippen LogP contribution in [0.2, 0.25) is 0 Å². The van der Waals surface area contributed by atoms with Gasteiger partial charge in [-0.05, 0) is 19.4 Å². The molecular formula is C12H15ClF2O2. The number of alkyl halides is 3. The third-order valence-corrected chi connectivity index (χ3v) is 3.12. The summed E-state index contributed by atoms with van der Waals surface area (Å²) in [7, 11) is 0. The molecule has 0 aliphatic heterocycles. The van der Waals surface area contributed by atoms with Crippen LogP contribution in [-0.4, -0.2) is 27.6 Å². The van der Waals surface area contributed by atoms with E-state index in [0.717, 1.165) is 13.8 Å². The average Bonchev–Trinajstić information content (AvgIpc) is 2.27. The number of rotatable bonds is 4. The highest BCUT2D eigenvalue weighted by atomic mass is 35.5. The maximum atomic E-state index is 14.1. The van der Waals surface area contributed by atoms with Gasteiger partial charge in [0.1, 0.15) is 5.60 Å². The molecule has 0 spiro atoms. The van der Waals surface area contributed by atoms with Gasteiger partial charge in [0.25, 0.3) is 0 Å². The topological polar surface area (TPSA) is 40.5 Å². The largest absolute Gasteiger partial charge is 0.384 e. The Hall–Kier alpha value is -0.710. The van der Waals surface area contributed by atoms with Crippen molar-refractivity contribution in [3.05, 3.63) is 35.9 Å². The van der Waals surface area contributed by atoms with Crippen LogP contribution in [0.1, 0.15) is 19.4 Å². The molecule has 96 valence electrons. The summed E-state index contributed by atoms with van der Waals surface area (Å²) in [6.07, 6.45) is 0. The summed E-state index contributed by atoms with van der Waals surface area (Å²) in [5.41, 5.74) is -5.01. The van der Waals surface area contributed by atoms with Crippen LogP contribution in [0.4, 0.5) is 8.78 Å². The van der Waals surface area contributed by atoms with Crippen molar-refractivity contribution in [2.75, 3.05) is 5.88 Å². The first kappa shape index (κ1) is 14.4. The second-order valence-corrected chi connectivity index (χ2v) is 4.76. The molecule has 0 aliphatic rings. The van der Waals surface area contributed by atoms with E-state index in [4.69, 9.17) is 11.6 Å². The molecule has 1 rings (SSSR count). The van der Waals surface area contributed by atoms with Crippen molar-refractivity contribution in [2.24, 2.45) is 0 Å². The normalized spacial score (nSPS) is 16.6. The van der Waals surface area contributed by atoms with Gasteiger partial charge in [-0.3, -0.25) is 0 Å². The minimum Gasteiger partial charge on any atom is -0.384 e. The van der Waals surface area contributed by atoms with Crippen LogP contribution >= 0.6 is 11.6 Å². The second-order valence-electron chi connectivity index (χ2n) is 4.49. The molecule has 0 fully saturated rings. The molecule has 2 N–H and O–H groups in total. The monoisotopic (exact) mass is 264 g/mol. The van der Waals surface area contributed by atoms with E-state index >= 15 is 0 Å². The van der Waals surface area contributed by atoms with Crippen LogP contribution in [-0.2, 0) is 5.60 Å². The highest BCUT2D eigenvalue weighted by Gasteiger charge is 2.61. The Bertz CT molecular complexity index is 376. The third kappa shape index (κ3) is 2.30. The molecule has 1 aromatic rings. The van der Waals surface area contributed by atoms with Crippen molar-refractivity contribution in [1.29, 1.82) is 0 Å². The fourth-order valence-electron chi connectivity index (χ4n) is 1.56. The summed E-state index contributed by atoms with van der Waals surface area (Å²) in [4.78, 5) is 0. The van der Waals surface area contributed by atoms with E-state index in [1.807, 2.05) is 0 Å². The van der Waals surface area contributed by atoms with Crippen LogP contribution < -0.4 is 0 Å². The molecule has 0 saturated heterocycles. The van der Waals surface area contributed by atoms with Gasteiger partial charge >= 0.3 is 5.92 Å². The van der Waals surface area contributed by atoms with Gasteiger partial charge in [-0.15, -0.1) is 11.6 Å². The van der Waals surface area contributed by atoms with E-state index in [2.05, 4.69) is 0 Å². The first-order valence-electron chi connectivity index (χ1n) is 5.11. The van der Waals surface area contributed by atoms with Gasteiger partial charge in [0.2, 0.25) is 0 Å². The molecule has 0 bridgehead atoms. The summed E-state index contributed by atoms with van der Waals surface area (Å²) in [6.45, 7) is 1.88. The number of hydrogen-bond donors (Lipinski definition) is 2. The summed E-state index contributed by atoms with van der Waals surface area (Å²) in [5.74, 6) is -4.49. The Morgan fingerprint density at radius 3 is 1.94 bits per heavy atom. The van der Waals surface area contributed by atoms with E-state index < -0.39 is 23.0 Å². The molecule has 1 aromatic carbocycles. The fourth-order valence-corrected chi connectivity index (χ4v) is 1.88. The van der Waals surface area contributed by atoms with Crippen LogP contribution in [0.5, 0.6) is 0 Å². The second kappa shape index (κ2) is 4.52. The first-order chi connectivity index (χ1) is 7.67. The van der Waals surface area contributed by atoms with Crippen molar-refractivity contribution >= 4 is 11.6 Å². The van der Waals surface area contributed by atoms with Crippen LogP contribution in [0.25, 0.3) is 0 Å². The lowest BCUT2D eigenvalue weighted by atomic mass is 9.81. The highest BCUT2D eigenvalue weighted by Crippen LogP contribution is 2.45. The minimum absolute atomic E-state index is 0.0258. The summed E-state index contributed by atoms with van der Waals surface area (Å²) in [5, 5.41) is 19.6. The van der Waals surface area contributed by atoms with Gasteiger partial charge in [0.15, 0.2) is 5.60 Å². The average molecular weight is 265 g/mol.